The highest BCUT2D eigenvalue weighted by molar-refractivity contribution is 7.26. The van der Waals surface area contributed by atoms with Crippen molar-refractivity contribution in [2.45, 2.75) is 0 Å². The van der Waals surface area contributed by atoms with E-state index in [1.54, 1.807) is 6.20 Å². The van der Waals surface area contributed by atoms with Crippen molar-refractivity contribution >= 4 is 53.3 Å². The number of nitrogens with zero attached hydrogens (tertiary/aromatic N) is 5. The molecule has 6 heteroatoms. The van der Waals surface area contributed by atoms with Crippen molar-refractivity contribution < 1.29 is 0 Å². The molecule has 0 aliphatic carbocycles. The summed E-state index contributed by atoms with van der Waals surface area (Å²) in [5.74, 6) is 1.69. The summed E-state index contributed by atoms with van der Waals surface area (Å²) in [6, 6.07) is 63.9. The van der Waals surface area contributed by atoms with Gasteiger partial charge in [-0.25, -0.2) is 15.0 Å². The highest BCUT2D eigenvalue weighted by Crippen LogP contribution is 2.41. The zero-order valence-corrected chi connectivity index (χ0v) is 30.9. The lowest BCUT2D eigenvalue weighted by atomic mass is 10.0. The monoisotopic (exact) mass is 733 g/mol. The molecule has 0 saturated carbocycles. The lowest BCUT2D eigenvalue weighted by Crippen LogP contribution is -2.03. The van der Waals surface area contributed by atoms with Crippen LogP contribution < -0.4 is 0 Å². The molecule has 56 heavy (non-hydrogen) atoms. The van der Waals surface area contributed by atoms with Crippen LogP contribution in [0.3, 0.4) is 0 Å². The van der Waals surface area contributed by atoms with Crippen LogP contribution in [0.1, 0.15) is 0 Å². The Morgan fingerprint density at radius 1 is 0.393 bits per heavy atom. The number of fused-ring (bicyclic) bond motifs is 6. The molecule has 0 amide bonds. The van der Waals surface area contributed by atoms with Gasteiger partial charge in [0.2, 0.25) is 0 Å². The van der Waals surface area contributed by atoms with Crippen LogP contribution in [-0.2, 0) is 0 Å². The third-order valence-corrected chi connectivity index (χ3v) is 11.8. The number of benzene rings is 7. The van der Waals surface area contributed by atoms with Gasteiger partial charge in [0.05, 0.1) is 16.7 Å². The molecule has 0 spiro atoms. The van der Waals surface area contributed by atoms with Crippen LogP contribution in [0.25, 0.3) is 104 Å². The van der Waals surface area contributed by atoms with E-state index in [1.807, 2.05) is 29.5 Å². The van der Waals surface area contributed by atoms with Crippen LogP contribution in [0.4, 0.5) is 0 Å². The fraction of sp³-hybridized carbons (Fsp3) is 0. The summed E-state index contributed by atoms with van der Waals surface area (Å²) in [5.41, 5.74) is 10.4. The van der Waals surface area contributed by atoms with Gasteiger partial charge in [-0.2, -0.15) is 0 Å². The second-order valence-corrected chi connectivity index (χ2v) is 14.9. The van der Waals surface area contributed by atoms with E-state index >= 15 is 0 Å². The van der Waals surface area contributed by atoms with Gasteiger partial charge in [-0.05, 0) is 53.1 Å². The van der Waals surface area contributed by atoms with E-state index in [0.717, 1.165) is 44.5 Å². The molecule has 0 fully saturated rings. The first-order chi connectivity index (χ1) is 27.8. The molecule has 0 atom stereocenters. The Labute approximate surface area is 326 Å². The summed E-state index contributed by atoms with van der Waals surface area (Å²) in [4.78, 5) is 19.9. The Balaban J connectivity index is 1.08. The van der Waals surface area contributed by atoms with Gasteiger partial charge >= 0.3 is 0 Å². The summed E-state index contributed by atoms with van der Waals surface area (Å²) in [5, 5.41) is 5.00. The minimum Gasteiger partial charge on any atom is -0.309 e. The molecule has 0 unspecified atom stereocenters. The maximum absolute atomic E-state index is 5.17. The Morgan fingerprint density at radius 2 is 0.982 bits per heavy atom. The van der Waals surface area contributed by atoms with Crippen molar-refractivity contribution in [3.05, 3.63) is 188 Å². The van der Waals surface area contributed by atoms with Crippen molar-refractivity contribution in [3.8, 4) is 62.2 Å². The van der Waals surface area contributed by atoms with E-state index in [2.05, 4.69) is 173 Å². The highest BCUT2D eigenvalue weighted by atomic mass is 32.1. The number of pyridine rings is 1. The van der Waals surface area contributed by atoms with Gasteiger partial charge in [0.15, 0.2) is 17.5 Å². The minimum absolute atomic E-state index is 0.523. The predicted molar refractivity (Wildman–Crippen MR) is 232 cm³/mol. The molecule has 4 aromatic heterocycles. The molecule has 7 aromatic carbocycles. The maximum Gasteiger partial charge on any atom is 0.182 e. The van der Waals surface area contributed by atoms with Gasteiger partial charge in [-0.15, -0.1) is 11.3 Å². The number of rotatable bonds is 6. The number of hydrogen-bond donors (Lipinski definition) is 0. The normalized spacial score (nSPS) is 11.6. The van der Waals surface area contributed by atoms with Crippen molar-refractivity contribution in [1.29, 1.82) is 0 Å². The first-order valence-electron chi connectivity index (χ1n) is 18.6. The van der Waals surface area contributed by atoms with Gasteiger partial charge in [-0.1, -0.05) is 146 Å². The van der Waals surface area contributed by atoms with E-state index in [0.29, 0.717) is 23.2 Å². The molecule has 0 N–H and O–H groups in total. The summed E-state index contributed by atoms with van der Waals surface area (Å²) in [7, 11) is 0. The van der Waals surface area contributed by atoms with Crippen molar-refractivity contribution in [2.75, 3.05) is 0 Å². The third kappa shape index (κ3) is 5.38. The summed E-state index contributed by atoms with van der Waals surface area (Å²) >= 11 is 1.84. The van der Waals surface area contributed by atoms with Crippen molar-refractivity contribution in [2.24, 2.45) is 0 Å². The SMILES string of the molecule is c1ccc(-c2ccc(-c3nc(-c4ccc(-c5cccc6c5sc5ccccc56)cc4)nc(-c4ccccn4)n3)cc2-n2c3ccccc3c3ccccc32)cc1. The van der Waals surface area contributed by atoms with E-state index in [-0.39, 0.29) is 0 Å². The average molecular weight is 734 g/mol. The molecule has 5 nitrogen and oxygen atoms in total. The van der Waals surface area contributed by atoms with Crippen LogP contribution in [0.2, 0.25) is 0 Å². The quantitative estimate of drug-likeness (QED) is 0.171. The van der Waals surface area contributed by atoms with E-state index in [9.17, 15) is 0 Å². The first-order valence-corrected chi connectivity index (χ1v) is 19.5. The lowest BCUT2D eigenvalue weighted by molar-refractivity contribution is 1.06. The smallest absolute Gasteiger partial charge is 0.182 e. The Hall–Kier alpha value is -7.28. The van der Waals surface area contributed by atoms with Crippen molar-refractivity contribution in [3.63, 3.8) is 0 Å². The number of aromatic nitrogens is 5. The summed E-state index contributed by atoms with van der Waals surface area (Å²) < 4.78 is 4.96. The summed E-state index contributed by atoms with van der Waals surface area (Å²) in [6.45, 7) is 0. The number of thiophene rings is 1. The maximum atomic E-state index is 5.17. The molecule has 4 heterocycles. The Morgan fingerprint density at radius 3 is 1.73 bits per heavy atom. The average Bonchev–Trinajstić information content (AvgIpc) is 3.83. The molecular weight excluding hydrogens is 703 g/mol. The lowest BCUT2D eigenvalue weighted by Gasteiger charge is -2.16. The molecule has 0 aliphatic rings. The van der Waals surface area contributed by atoms with Gasteiger partial charge in [0.25, 0.3) is 0 Å². The standard InChI is InChI=1S/C50H31N5S/c1-2-13-32(14-3-1)36-29-28-35(31-45(36)55-43-21-7-4-15-38(43)39-16-5-8-22-44(39)55)49-52-48(53-50(54-49)42-20-10-11-30-51-42)34-26-24-33(25-27-34)37-18-12-19-41-40-17-6-9-23-46(40)56-47(37)41/h1-31H. The van der Waals surface area contributed by atoms with E-state index < -0.39 is 0 Å². The Bertz CT molecular complexity index is 3190. The fourth-order valence-electron chi connectivity index (χ4n) is 7.92. The Kier molecular flexibility index (Phi) is 7.60. The fourth-order valence-corrected chi connectivity index (χ4v) is 9.15. The van der Waals surface area contributed by atoms with Crippen LogP contribution >= 0.6 is 11.3 Å². The van der Waals surface area contributed by atoms with Gasteiger partial charge in [0, 0.05) is 53.8 Å². The van der Waals surface area contributed by atoms with E-state index in [1.165, 1.54) is 36.5 Å². The second-order valence-electron chi connectivity index (χ2n) is 13.8. The molecule has 0 radical (unpaired) electrons. The zero-order chi connectivity index (χ0) is 37.0. The van der Waals surface area contributed by atoms with Crippen molar-refractivity contribution in [1.82, 2.24) is 24.5 Å². The van der Waals surface area contributed by atoms with Gasteiger partial charge in [-0.3, -0.25) is 4.98 Å². The highest BCUT2D eigenvalue weighted by Gasteiger charge is 2.19. The number of para-hydroxylation sites is 2. The molecule has 0 saturated heterocycles. The van der Waals surface area contributed by atoms with Gasteiger partial charge < -0.3 is 4.57 Å². The molecule has 262 valence electrons. The molecule has 11 rings (SSSR count). The number of hydrogen-bond acceptors (Lipinski definition) is 5. The predicted octanol–water partition coefficient (Wildman–Crippen LogP) is 13.1. The van der Waals surface area contributed by atoms with E-state index in [4.69, 9.17) is 15.0 Å². The first kappa shape index (κ1) is 32.2. The van der Waals surface area contributed by atoms with Crippen LogP contribution in [0.5, 0.6) is 0 Å². The zero-order valence-electron chi connectivity index (χ0n) is 30.0. The molecule has 0 aliphatic heterocycles. The molecule has 0 bridgehead atoms. The van der Waals surface area contributed by atoms with Gasteiger partial charge in [0.1, 0.15) is 5.69 Å². The second kappa shape index (κ2) is 13.2. The summed E-state index contributed by atoms with van der Waals surface area (Å²) in [6.07, 6.45) is 1.77. The molecular formula is C50H31N5S. The van der Waals surface area contributed by atoms with Crippen LogP contribution in [-0.4, -0.2) is 24.5 Å². The molecule has 11 aromatic rings. The van der Waals surface area contributed by atoms with Crippen LogP contribution in [0.15, 0.2) is 188 Å². The minimum atomic E-state index is 0.523. The van der Waals surface area contributed by atoms with Crippen LogP contribution in [0, 0.1) is 0 Å². The third-order valence-electron chi connectivity index (χ3n) is 10.5. The topological polar surface area (TPSA) is 56.5 Å². The largest absolute Gasteiger partial charge is 0.309 e.